The number of carboxylic acids is 2. The van der Waals surface area contributed by atoms with E-state index in [2.05, 4.69) is 9.78 Å². The molecule has 0 unspecified atom stereocenters. The third-order valence-corrected chi connectivity index (χ3v) is 7.17. The Bertz CT molecular complexity index is 1660. The molecule has 12 heteroatoms. The number of rotatable bonds is 14. The first kappa shape index (κ1) is 32.8. The van der Waals surface area contributed by atoms with Crippen LogP contribution < -0.4 is 9.62 Å². The van der Waals surface area contributed by atoms with E-state index < -0.39 is 23.3 Å². The van der Waals surface area contributed by atoms with Crippen molar-refractivity contribution < 1.29 is 59.4 Å². The van der Waals surface area contributed by atoms with Gasteiger partial charge < -0.3 is 19.8 Å². The molecule has 0 aliphatic carbocycles. The van der Waals surface area contributed by atoms with E-state index in [0.717, 1.165) is 11.1 Å². The molecule has 234 valence electrons. The van der Waals surface area contributed by atoms with Gasteiger partial charge in [-0.1, -0.05) is 50.2 Å². The molecule has 0 saturated heterocycles. The van der Waals surface area contributed by atoms with Crippen LogP contribution in [0.2, 0.25) is 0 Å². The quantitative estimate of drug-likeness (QED) is 0.0552. The van der Waals surface area contributed by atoms with Crippen molar-refractivity contribution in [3.63, 3.8) is 0 Å². The number of esters is 1. The summed E-state index contributed by atoms with van der Waals surface area (Å²) in [5.74, 6) is -2.66. The van der Waals surface area contributed by atoms with Crippen LogP contribution in [-0.2, 0) is 39.9 Å². The van der Waals surface area contributed by atoms with Crippen molar-refractivity contribution in [1.82, 2.24) is 0 Å². The van der Waals surface area contributed by atoms with Gasteiger partial charge in [-0.25, -0.2) is 24.2 Å². The summed E-state index contributed by atoms with van der Waals surface area (Å²) < 4.78 is 5.44. The Kier molecular flexibility index (Phi) is 10.6. The molecule has 0 fully saturated rings. The molecule has 0 aromatic heterocycles. The lowest BCUT2D eigenvalue weighted by molar-refractivity contribution is -0.253. The molecule has 0 radical (unpaired) electrons. The van der Waals surface area contributed by atoms with Gasteiger partial charge in [-0.05, 0) is 76.3 Å². The molecular formula is C33H30O12. The van der Waals surface area contributed by atoms with Crippen molar-refractivity contribution in [3.8, 4) is 11.5 Å². The summed E-state index contributed by atoms with van der Waals surface area (Å²) in [4.78, 5) is 54.7. The van der Waals surface area contributed by atoms with Gasteiger partial charge in [-0.3, -0.25) is 10.5 Å². The van der Waals surface area contributed by atoms with Gasteiger partial charge in [0.2, 0.25) is 0 Å². The number of ether oxygens (including phenoxy) is 1. The molecule has 45 heavy (non-hydrogen) atoms. The molecule has 4 aromatic rings. The van der Waals surface area contributed by atoms with Crippen LogP contribution >= 0.6 is 0 Å². The van der Waals surface area contributed by atoms with Crippen LogP contribution in [0.25, 0.3) is 0 Å². The Hall–Kier alpha value is -5.11. The second-order valence-corrected chi connectivity index (χ2v) is 10.4. The molecule has 4 N–H and O–H groups in total. The lowest BCUT2D eigenvalue weighted by Gasteiger charge is -2.26. The molecular weight excluding hydrogens is 588 g/mol. The average molecular weight is 619 g/mol. The van der Waals surface area contributed by atoms with Gasteiger partial charge in [0, 0.05) is 5.41 Å². The molecule has 0 aliphatic heterocycles. The maximum atomic E-state index is 12.8. The zero-order valence-corrected chi connectivity index (χ0v) is 24.3. The van der Waals surface area contributed by atoms with Crippen LogP contribution in [0.1, 0.15) is 72.7 Å². The van der Waals surface area contributed by atoms with Crippen molar-refractivity contribution in [2.24, 2.45) is 0 Å². The molecule has 0 spiro atoms. The molecule has 0 bridgehead atoms. The van der Waals surface area contributed by atoms with Gasteiger partial charge in [-0.15, -0.1) is 0 Å². The first-order chi connectivity index (χ1) is 21.5. The molecule has 4 rings (SSSR count). The predicted octanol–water partition coefficient (Wildman–Crippen LogP) is 6.12. The Morgan fingerprint density at radius 2 is 1.27 bits per heavy atom. The topological polar surface area (TPSA) is 178 Å². The van der Waals surface area contributed by atoms with Crippen LogP contribution in [0.15, 0.2) is 84.9 Å². The summed E-state index contributed by atoms with van der Waals surface area (Å²) in [5.41, 5.74) is 2.39. The lowest BCUT2D eigenvalue weighted by atomic mass is 9.78. The van der Waals surface area contributed by atoms with Crippen LogP contribution in [-0.4, -0.2) is 38.6 Å². The zero-order valence-electron chi connectivity index (χ0n) is 24.3. The van der Waals surface area contributed by atoms with Gasteiger partial charge >= 0.3 is 17.9 Å². The second-order valence-electron chi connectivity index (χ2n) is 10.4. The van der Waals surface area contributed by atoms with E-state index in [9.17, 15) is 24.6 Å². The fourth-order valence-electron chi connectivity index (χ4n) is 4.57. The molecule has 0 aliphatic rings. The molecule has 0 saturated carbocycles. The third-order valence-electron chi connectivity index (χ3n) is 7.17. The number of hydrogen-bond donors (Lipinski definition) is 4. The number of carbonyl (C=O) groups is 3. The number of aromatic carboxylic acids is 2. The van der Waals surface area contributed by atoms with E-state index in [-0.39, 0.29) is 42.3 Å². The summed E-state index contributed by atoms with van der Waals surface area (Å²) in [6.07, 6.45) is 0. The smallest absolute Gasteiger partial charge is 0.344 e. The van der Waals surface area contributed by atoms with Crippen LogP contribution in [0.4, 0.5) is 0 Å². The van der Waals surface area contributed by atoms with Gasteiger partial charge in [0.1, 0.15) is 25.6 Å². The van der Waals surface area contributed by atoms with Crippen LogP contribution in [0.3, 0.4) is 0 Å². The van der Waals surface area contributed by atoms with Crippen molar-refractivity contribution in [1.29, 1.82) is 0 Å². The molecule has 0 heterocycles. The minimum absolute atomic E-state index is 0.0555. The molecule has 4 aromatic carbocycles. The summed E-state index contributed by atoms with van der Waals surface area (Å²) in [5, 5.41) is 36.2. The highest BCUT2D eigenvalue weighted by Gasteiger charge is 2.24. The maximum absolute atomic E-state index is 12.8. The summed E-state index contributed by atoms with van der Waals surface area (Å²) in [7, 11) is 0. The molecule has 0 atom stereocenters. The van der Waals surface area contributed by atoms with Crippen molar-refractivity contribution in [3.05, 3.63) is 129 Å². The second kappa shape index (κ2) is 14.6. The number of carboxylic acid groups (broad SMARTS) is 2. The first-order valence-electron chi connectivity index (χ1n) is 13.5. The molecule has 0 amide bonds. The number of benzene rings is 4. The van der Waals surface area contributed by atoms with Gasteiger partial charge in [0.15, 0.2) is 5.75 Å². The Morgan fingerprint density at radius 1 is 0.644 bits per heavy atom. The zero-order chi connectivity index (χ0) is 32.6. The van der Waals surface area contributed by atoms with Gasteiger partial charge in [-0.2, -0.15) is 4.89 Å². The fraction of sp³-hybridized carbons (Fsp3) is 0.182. The van der Waals surface area contributed by atoms with E-state index >= 15 is 0 Å². The fourth-order valence-corrected chi connectivity index (χ4v) is 4.57. The first-order valence-corrected chi connectivity index (χ1v) is 13.5. The van der Waals surface area contributed by atoms with E-state index in [4.69, 9.17) is 25.0 Å². The minimum Gasteiger partial charge on any atom is -0.478 e. The van der Waals surface area contributed by atoms with Crippen molar-refractivity contribution >= 4 is 17.9 Å². The summed E-state index contributed by atoms with van der Waals surface area (Å²) in [6, 6.07) is 22.3. The lowest BCUT2D eigenvalue weighted by Crippen LogP contribution is -2.19. The average Bonchev–Trinajstić information content (AvgIpc) is 3.02. The Balaban J connectivity index is 1.41. The number of hydrogen-bond acceptors (Lipinski definition) is 10. The standard InChI is InChI=1S/C33H30O12/c1-33(2,24-6-10-26(11-7-24)44-32(38)29-15-20(17-41-39)3-14-28(29)31(36)37)25-8-12-27(13-9-25)45-43-19-23-16-21(30(34)35)4-5-22(23)18-42-40/h3-16,39-40H,17-19H2,1-2H3,(H,34,35)(H,36,37). The normalized spacial score (nSPS) is 11.2. The molecule has 12 nitrogen and oxygen atoms in total. The van der Waals surface area contributed by atoms with E-state index in [1.54, 1.807) is 36.4 Å². The predicted molar refractivity (Wildman–Crippen MR) is 157 cm³/mol. The van der Waals surface area contributed by atoms with E-state index in [0.29, 0.717) is 22.4 Å². The number of carbonyl (C=O) groups excluding carboxylic acids is 1. The Morgan fingerprint density at radius 3 is 1.84 bits per heavy atom. The van der Waals surface area contributed by atoms with E-state index in [1.807, 2.05) is 26.0 Å². The highest BCUT2D eigenvalue weighted by atomic mass is 17.2. The summed E-state index contributed by atoms with van der Waals surface area (Å²) >= 11 is 0. The van der Waals surface area contributed by atoms with Crippen molar-refractivity contribution in [2.45, 2.75) is 39.1 Å². The minimum atomic E-state index is -1.30. The van der Waals surface area contributed by atoms with Gasteiger partial charge in [0.05, 0.1) is 16.7 Å². The van der Waals surface area contributed by atoms with Crippen LogP contribution in [0, 0.1) is 0 Å². The van der Waals surface area contributed by atoms with E-state index in [1.165, 1.54) is 36.4 Å². The Labute approximate surface area is 257 Å². The van der Waals surface area contributed by atoms with Gasteiger partial charge in [0.25, 0.3) is 0 Å². The largest absolute Gasteiger partial charge is 0.478 e. The van der Waals surface area contributed by atoms with Crippen LogP contribution in [0.5, 0.6) is 11.5 Å². The monoisotopic (exact) mass is 618 g/mol. The highest BCUT2D eigenvalue weighted by Crippen LogP contribution is 2.33. The maximum Gasteiger partial charge on any atom is 0.344 e. The third kappa shape index (κ3) is 8.09. The SMILES string of the molecule is CC(C)(c1ccc(OOCc2cc(C(=O)O)ccc2COO)cc1)c1ccc(OC(=O)c2cc(COO)ccc2C(=O)O)cc1. The summed E-state index contributed by atoms with van der Waals surface area (Å²) in [6.45, 7) is 3.55. The highest BCUT2D eigenvalue weighted by molar-refractivity contribution is 6.03. The van der Waals surface area contributed by atoms with Crippen molar-refractivity contribution in [2.75, 3.05) is 0 Å².